The number of benzene rings is 3. The smallest absolute Gasteiger partial charge is 0.320 e. The third kappa shape index (κ3) is 5.07. The molecule has 3 N–H and O–H groups in total. The third-order valence-corrected chi connectivity index (χ3v) is 5.63. The normalized spacial score (nSPS) is 11.7. The van der Waals surface area contributed by atoms with E-state index in [4.69, 9.17) is 10.8 Å². The fourth-order valence-corrected chi connectivity index (χ4v) is 3.66. The quantitative estimate of drug-likeness (QED) is 0.429. The molecular weight excluding hydrogens is 412 g/mol. The molecule has 4 rings (SSSR count). The number of nitrogens with two attached hydrogens (primary N) is 1. The predicted molar refractivity (Wildman–Crippen MR) is 131 cm³/mol. The molecule has 0 amide bonds. The average Bonchev–Trinajstić information content (AvgIpc) is 2.84. The van der Waals surface area contributed by atoms with E-state index in [1.165, 1.54) is 5.56 Å². The summed E-state index contributed by atoms with van der Waals surface area (Å²) in [5.41, 5.74) is 12.7. The van der Waals surface area contributed by atoms with Gasteiger partial charge in [0.15, 0.2) is 5.82 Å². The lowest BCUT2D eigenvalue weighted by atomic mass is 10.0. The Morgan fingerprint density at radius 2 is 1.61 bits per heavy atom. The summed E-state index contributed by atoms with van der Waals surface area (Å²) in [5.74, 6) is -0.268. The van der Waals surface area contributed by atoms with Crippen LogP contribution in [0.3, 0.4) is 0 Å². The van der Waals surface area contributed by atoms with E-state index in [0.29, 0.717) is 0 Å². The van der Waals surface area contributed by atoms with Gasteiger partial charge in [0.25, 0.3) is 0 Å². The topological polar surface area (TPSA) is 92.3 Å². The van der Waals surface area contributed by atoms with Gasteiger partial charge in [0.1, 0.15) is 6.04 Å². The van der Waals surface area contributed by atoms with Crippen LogP contribution in [0.1, 0.15) is 11.1 Å². The fraction of sp³-hybridized carbons (Fsp3) is 0.148. The largest absolute Gasteiger partial charge is 0.480 e. The molecule has 0 fully saturated rings. The number of anilines is 2. The van der Waals surface area contributed by atoms with Crippen LogP contribution < -0.4 is 10.6 Å². The number of hydrogen-bond acceptors (Lipinski definition) is 5. The van der Waals surface area contributed by atoms with Crippen molar-refractivity contribution in [2.75, 3.05) is 11.9 Å². The third-order valence-electron chi connectivity index (χ3n) is 5.63. The fourth-order valence-electron chi connectivity index (χ4n) is 3.66. The zero-order valence-electron chi connectivity index (χ0n) is 18.6. The van der Waals surface area contributed by atoms with Gasteiger partial charge in [-0.3, -0.25) is 9.78 Å². The van der Waals surface area contributed by atoms with Gasteiger partial charge < -0.3 is 15.7 Å². The van der Waals surface area contributed by atoms with E-state index < -0.39 is 12.0 Å². The molecule has 6 nitrogen and oxygen atoms in total. The summed E-state index contributed by atoms with van der Waals surface area (Å²) in [4.78, 5) is 22.2. The molecule has 0 saturated heterocycles. The van der Waals surface area contributed by atoms with Gasteiger partial charge in [0, 0.05) is 23.9 Å². The summed E-state index contributed by atoms with van der Waals surface area (Å²) in [6.45, 7) is 2.08. The SMILES string of the molecule is Cc1ccc(-c2ccccc2N(C)c2cnc(-c3ccc(CC(N)C(=O)O)cc3)cn2)cc1. The highest BCUT2D eigenvalue weighted by Gasteiger charge is 2.14. The van der Waals surface area contributed by atoms with Gasteiger partial charge >= 0.3 is 5.97 Å². The monoisotopic (exact) mass is 438 g/mol. The molecule has 0 radical (unpaired) electrons. The number of carboxylic acids is 1. The van der Waals surface area contributed by atoms with E-state index >= 15 is 0 Å². The van der Waals surface area contributed by atoms with Crippen LogP contribution >= 0.6 is 0 Å². The second-order valence-corrected chi connectivity index (χ2v) is 8.05. The van der Waals surface area contributed by atoms with E-state index in [0.717, 1.165) is 39.5 Å². The number of nitrogens with zero attached hydrogens (tertiary/aromatic N) is 3. The Bertz CT molecular complexity index is 1240. The van der Waals surface area contributed by atoms with Gasteiger partial charge in [0.2, 0.25) is 0 Å². The van der Waals surface area contributed by atoms with Crippen molar-refractivity contribution in [3.63, 3.8) is 0 Å². The molecule has 0 aliphatic carbocycles. The van der Waals surface area contributed by atoms with Crippen molar-refractivity contribution in [1.29, 1.82) is 0 Å². The molecule has 4 aromatic rings. The zero-order chi connectivity index (χ0) is 23.4. The molecule has 3 aromatic carbocycles. The van der Waals surface area contributed by atoms with Crippen molar-refractivity contribution < 1.29 is 9.90 Å². The Morgan fingerprint density at radius 1 is 0.939 bits per heavy atom. The number of hydrogen-bond donors (Lipinski definition) is 2. The van der Waals surface area contributed by atoms with Crippen molar-refractivity contribution in [2.24, 2.45) is 5.73 Å². The first-order valence-electron chi connectivity index (χ1n) is 10.7. The zero-order valence-corrected chi connectivity index (χ0v) is 18.6. The summed E-state index contributed by atoms with van der Waals surface area (Å²) in [6.07, 6.45) is 3.79. The van der Waals surface area contributed by atoms with Crippen molar-refractivity contribution in [2.45, 2.75) is 19.4 Å². The van der Waals surface area contributed by atoms with Gasteiger partial charge in [-0.15, -0.1) is 0 Å². The van der Waals surface area contributed by atoms with E-state index in [1.807, 2.05) is 48.3 Å². The van der Waals surface area contributed by atoms with Crippen LogP contribution in [-0.2, 0) is 11.2 Å². The van der Waals surface area contributed by atoms with Crippen molar-refractivity contribution in [3.05, 3.63) is 96.3 Å². The molecule has 0 aliphatic rings. The first kappa shape index (κ1) is 22.2. The minimum atomic E-state index is -1.01. The van der Waals surface area contributed by atoms with Gasteiger partial charge in [0.05, 0.1) is 18.1 Å². The van der Waals surface area contributed by atoms with E-state index in [9.17, 15) is 4.79 Å². The average molecular weight is 439 g/mol. The lowest BCUT2D eigenvalue weighted by molar-refractivity contribution is -0.138. The summed E-state index contributed by atoms with van der Waals surface area (Å²) in [7, 11) is 1.98. The second kappa shape index (κ2) is 9.63. The molecule has 0 spiro atoms. The highest BCUT2D eigenvalue weighted by molar-refractivity contribution is 5.81. The van der Waals surface area contributed by atoms with E-state index in [2.05, 4.69) is 53.3 Å². The molecule has 1 atom stereocenters. The van der Waals surface area contributed by atoms with Crippen LogP contribution in [0.25, 0.3) is 22.4 Å². The number of rotatable bonds is 7. The predicted octanol–water partition coefficient (Wildman–Crippen LogP) is 4.84. The molecule has 6 heteroatoms. The minimum absolute atomic E-state index is 0.283. The van der Waals surface area contributed by atoms with Crippen LogP contribution in [0.2, 0.25) is 0 Å². The Hall–Kier alpha value is -4.03. The number of carboxylic acid groups (broad SMARTS) is 1. The first-order valence-corrected chi connectivity index (χ1v) is 10.7. The minimum Gasteiger partial charge on any atom is -0.480 e. The maximum Gasteiger partial charge on any atom is 0.320 e. The Morgan fingerprint density at radius 3 is 2.24 bits per heavy atom. The number of aliphatic carboxylic acids is 1. The van der Waals surface area contributed by atoms with Gasteiger partial charge in [-0.05, 0) is 30.5 Å². The van der Waals surface area contributed by atoms with Crippen LogP contribution in [0.15, 0.2) is 85.2 Å². The number of aryl methyl sites for hydroxylation is 1. The summed E-state index contributed by atoms with van der Waals surface area (Å²) in [6, 6.07) is 23.4. The molecule has 1 heterocycles. The molecule has 0 aliphatic heterocycles. The molecule has 1 unspecified atom stereocenters. The molecule has 1 aromatic heterocycles. The van der Waals surface area contributed by atoms with Crippen molar-refractivity contribution in [3.8, 4) is 22.4 Å². The lowest BCUT2D eigenvalue weighted by Crippen LogP contribution is -2.32. The van der Waals surface area contributed by atoms with E-state index in [-0.39, 0.29) is 6.42 Å². The Balaban J connectivity index is 1.54. The lowest BCUT2D eigenvalue weighted by Gasteiger charge is -2.21. The number of para-hydroxylation sites is 1. The van der Waals surface area contributed by atoms with Gasteiger partial charge in [-0.25, -0.2) is 4.98 Å². The summed E-state index contributed by atoms with van der Waals surface area (Å²) < 4.78 is 0. The first-order chi connectivity index (χ1) is 15.9. The maximum atomic E-state index is 10.9. The number of aromatic nitrogens is 2. The molecule has 166 valence electrons. The molecular formula is C27H26N4O2. The highest BCUT2D eigenvalue weighted by Crippen LogP contribution is 2.33. The van der Waals surface area contributed by atoms with Crippen LogP contribution in [0, 0.1) is 6.92 Å². The Kier molecular flexibility index (Phi) is 6.47. The van der Waals surface area contributed by atoms with Gasteiger partial charge in [-0.2, -0.15) is 0 Å². The Labute approximate surface area is 193 Å². The number of carbonyl (C=O) groups is 1. The summed E-state index contributed by atoms with van der Waals surface area (Å²) in [5, 5.41) is 8.97. The van der Waals surface area contributed by atoms with Gasteiger partial charge in [-0.1, -0.05) is 72.3 Å². The highest BCUT2D eigenvalue weighted by atomic mass is 16.4. The maximum absolute atomic E-state index is 10.9. The summed E-state index contributed by atoms with van der Waals surface area (Å²) >= 11 is 0. The van der Waals surface area contributed by atoms with E-state index in [1.54, 1.807) is 12.4 Å². The second-order valence-electron chi connectivity index (χ2n) is 8.05. The van der Waals surface area contributed by atoms with Crippen molar-refractivity contribution in [1.82, 2.24) is 9.97 Å². The van der Waals surface area contributed by atoms with Crippen LogP contribution in [0.4, 0.5) is 11.5 Å². The van der Waals surface area contributed by atoms with Crippen LogP contribution in [-0.4, -0.2) is 34.1 Å². The standard InChI is InChI=1S/C27H26N4O2/c1-18-7-11-20(12-8-18)22-5-3-4-6-25(22)31(2)26-17-29-24(16-30-26)21-13-9-19(10-14-21)15-23(28)27(32)33/h3-14,16-17,23H,15,28H2,1-2H3,(H,32,33). The van der Waals surface area contributed by atoms with Crippen molar-refractivity contribution >= 4 is 17.5 Å². The molecule has 33 heavy (non-hydrogen) atoms. The molecule has 0 saturated carbocycles. The molecule has 0 bridgehead atoms. The van der Waals surface area contributed by atoms with Crippen LogP contribution in [0.5, 0.6) is 0 Å².